The topological polar surface area (TPSA) is 85.7 Å². The Balaban J connectivity index is 0.00000400. The number of amides is 2. The Bertz CT molecular complexity index is 1250. The van der Waals surface area contributed by atoms with Crippen molar-refractivity contribution in [3.8, 4) is 0 Å². The van der Waals surface area contributed by atoms with Gasteiger partial charge in [0.15, 0.2) is 0 Å². The maximum Gasteiger partial charge on any atom is 0.256 e. The third kappa shape index (κ3) is 6.46. The van der Waals surface area contributed by atoms with E-state index in [4.69, 9.17) is 0 Å². The number of halogens is 1. The average Bonchev–Trinajstić information content (AvgIpc) is 3.45. The van der Waals surface area contributed by atoms with E-state index < -0.39 is 0 Å². The second-order valence-corrected chi connectivity index (χ2v) is 9.65. The van der Waals surface area contributed by atoms with Gasteiger partial charge in [0.25, 0.3) is 5.91 Å². The molecule has 4 rings (SSSR count). The highest BCUT2D eigenvalue weighted by molar-refractivity contribution is 5.91. The fraction of sp³-hybridized carbons (Fsp3) is 0.464. The van der Waals surface area contributed by atoms with Crippen molar-refractivity contribution in [3.63, 3.8) is 0 Å². The summed E-state index contributed by atoms with van der Waals surface area (Å²) in [5, 5.41) is 15.7. The molecule has 1 aromatic heterocycles. The third-order valence-electron chi connectivity index (χ3n) is 7.06. The van der Waals surface area contributed by atoms with Gasteiger partial charge < -0.3 is 15.5 Å². The van der Waals surface area contributed by atoms with E-state index in [0.29, 0.717) is 26.2 Å². The number of hydrogen-bond acceptors (Lipinski definition) is 6. The molecule has 0 spiro atoms. The zero-order chi connectivity index (χ0) is 26.5. The number of hydrazine groups is 1. The van der Waals surface area contributed by atoms with E-state index in [1.165, 1.54) is 11.1 Å². The molecule has 9 nitrogen and oxygen atoms in total. The molecule has 0 unspecified atom stereocenters. The van der Waals surface area contributed by atoms with Crippen molar-refractivity contribution in [2.45, 2.75) is 40.3 Å². The zero-order valence-corrected chi connectivity index (χ0v) is 23.9. The smallest absolute Gasteiger partial charge is 0.256 e. The zero-order valence-electron chi connectivity index (χ0n) is 23.1. The van der Waals surface area contributed by atoms with Gasteiger partial charge >= 0.3 is 0 Å². The van der Waals surface area contributed by atoms with Crippen molar-refractivity contribution in [1.29, 1.82) is 0 Å². The first kappa shape index (κ1) is 29.4. The van der Waals surface area contributed by atoms with Gasteiger partial charge in [0, 0.05) is 51.3 Å². The average molecular weight is 542 g/mol. The molecule has 0 saturated heterocycles. The maximum absolute atomic E-state index is 13.5. The molecule has 0 radical (unpaired) electrons. The summed E-state index contributed by atoms with van der Waals surface area (Å²) in [6.45, 7) is 9.85. The van der Waals surface area contributed by atoms with E-state index in [2.05, 4.69) is 46.9 Å². The van der Waals surface area contributed by atoms with Crippen molar-refractivity contribution in [2.24, 2.45) is 7.05 Å². The van der Waals surface area contributed by atoms with Crippen LogP contribution in [0.25, 0.3) is 10.9 Å². The molecule has 1 aliphatic rings. The number of aryl methyl sites for hydroxylation is 3. The van der Waals surface area contributed by atoms with Gasteiger partial charge in [-0.3, -0.25) is 19.3 Å². The highest BCUT2D eigenvalue weighted by Crippen LogP contribution is 2.29. The van der Waals surface area contributed by atoms with E-state index in [1.807, 2.05) is 54.7 Å². The molecule has 0 aliphatic carbocycles. The minimum Gasteiger partial charge on any atom is -0.353 e. The van der Waals surface area contributed by atoms with E-state index in [9.17, 15) is 9.59 Å². The quantitative estimate of drug-likeness (QED) is 0.363. The molecular formula is C28H40ClN7O2. The Morgan fingerprint density at radius 2 is 1.74 bits per heavy atom. The number of likely N-dealkylation sites (N-methyl/N-ethyl adjacent to an activating group) is 2. The highest BCUT2D eigenvalue weighted by atomic mass is 35.5. The Morgan fingerprint density at radius 3 is 2.37 bits per heavy atom. The number of aromatic nitrogens is 2. The van der Waals surface area contributed by atoms with Crippen LogP contribution in [-0.2, 0) is 36.1 Å². The van der Waals surface area contributed by atoms with Gasteiger partial charge in [0.05, 0.1) is 24.3 Å². The van der Waals surface area contributed by atoms with Crippen molar-refractivity contribution in [2.75, 3.05) is 44.7 Å². The van der Waals surface area contributed by atoms with Crippen LogP contribution < -0.4 is 15.5 Å². The minimum atomic E-state index is -0.110. The molecule has 2 heterocycles. The SMILES string of the molecule is CCNCCNC(=O)CN(CC(=O)N(C)N1Cc2ccccc2C1)c1cc2c(cc1C)c(CC)nn2C.Cl. The summed E-state index contributed by atoms with van der Waals surface area (Å²) in [5.74, 6) is -0.173. The normalized spacial score (nSPS) is 12.8. The van der Waals surface area contributed by atoms with Gasteiger partial charge in [-0.2, -0.15) is 5.10 Å². The van der Waals surface area contributed by atoms with Crippen LogP contribution in [0, 0.1) is 6.92 Å². The standard InChI is InChI=1S/C28H39N7O2.ClH/c1-6-24-23-14-20(3)25(15-26(23)32(4)31-24)34(18-27(36)30-13-12-29-7-2)19-28(37)33(5)35-16-21-10-8-9-11-22(21)17-35;/h8-11,14-15,29H,6-7,12-13,16-19H2,1-5H3,(H,30,36);1H. The molecule has 0 atom stereocenters. The van der Waals surface area contributed by atoms with Gasteiger partial charge in [-0.25, -0.2) is 5.01 Å². The Morgan fingerprint density at radius 1 is 1.05 bits per heavy atom. The summed E-state index contributed by atoms with van der Waals surface area (Å²) in [7, 11) is 3.75. The van der Waals surface area contributed by atoms with Gasteiger partial charge in [0.2, 0.25) is 5.91 Å². The van der Waals surface area contributed by atoms with Crippen LogP contribution in [0.2, 0.25) is 0 Å². The van der Waals surface area contributed by atoms with Crippen LogP contribution in [-0.4, -0.2) is 71.4 Å². The number of benzene rings is 2. The molecule has 3 aromatic rings. The molecule has 2 amide bonds. The van der Waals surface area contributed by atoms with Gasteiger partial charge in [0.1, 0.15) is 0 Å². The summed E-state index contributed by atoms with van der Waals surface area (Å²) in [6.07, 6.45) is 0.843. The third-order valence-corrected chi connectivity index (χ3v) is 7.06. The molecule has 0 fully saturated rings. The van der Waals surface area contributed by atoms with Crippen LogP contribution in [0.1, 0.15) is 36.2 Å². The Hall–Kier alpha value is -3.14. The predicted octanol–water partition coefficient (Wildman–Crippen LogP) is 2.79. The second-order valence-electron chi connectivity index (χ2n) is 9.65. The predicted molar refractivity (Wildman–Crippen MR) is 154 cm³/mol. The fourth-order valence-corrected chi connectivity index (χ4v) is 4.95. The van der Waals surface area contributed by atoms with E-state index in [1.54, 1.807) is 5.01 Å². The molecule has 2 aromatic carbocycles. The second kappa shape index (κ2) is 13.1. The first-order valence-corrected chi connectivity index (χ1v) is 13.1. The summed E-state index contributed by atoms with van der Waals surface area (Å²) in [6, 6.07) is 12.5. The molecule has 206 valence electrons. The molecule has 38 heavy (non-hydrogen) atoms. The van der Waals surface area contributed by atoms with Crippen LogP contribution in [0.15, 0.2) is 36.4 Å². The van der Waals surface area contributed by atoms with Crippen LogP contribution in [0.4, 0.5) is 5.69 Å². The number of carbonyl (C=O) groups excluding carboxylic acids is 2. The molecule has 2 N–H and O–H groups in total. The maximum atomic E-state index is 13.5. The van der Waals surface area contributed by atoms with Crippen molar-refractivity contribution < 1.29 is 9.59 Å². The summed E-state index contributed by atoms with van der Waals surface area (Å²) < 4.78 is 1.88. The van der Waals surface area contributed by atoms with Crippen molar-refractivity contribution in [1.82, 2.24) is 30.4 Å². The fourth-order valence-electron chi connectivity index (χ4n) is 4.95. The first-order valence-electron chi connectivity index (χ1n) is 13.1. The monoisotopic (exact) mass is 541 g/mol. The molecular weight excluding hydrogens is 502 g/mol. The van der Waals surface area contributed by atoms with E-state index in [-0.39, 0.29) is 37.3 Å². The lowest BCUT2D eigenvalue weighted by atomic mass is 10.1. The Kier molecular flexibility index (Phi) is 10.1. The first-order chi connectivity index (χ1) is 17.8. The summed E-state index contributed by atoms with van der Waals surface area (Å²) >= 11 is 0. The van der Waals surface area contributed by atoms with Crippen molar-refractivity contribution >= 4 is 40.8 Å². The molecule has 0 bridgehead atoms. The summed E-state index contributed by atoms with van der Waals surface area (Å²) in [5.41, 5.74) is 6.40. The molecule has 1 aliphatic heterocycles. The molecule has 0 saturated carbocycles. The van der Waals surface area contributed by atoms with Gasteiger partial charge in [-0.15, -0.1) is 12.4 Å². The van der Waals surface area contributed by atoms with Crippen LogP contribution in [0.3, 0.4) is 0 Å². The highest BCUT2D eigenvalue weighted by Gasteiger charge is 2.27. The van der Waals surface area contributed by atoms with Crippen molar-refractivity contribution in [3.05, 3.63) is 58.8 Å². The lowest BCUT2D eigenvalue weighted by Gasteiger charge is -2.32. The van der Waals surface area contributed by atoms with Crippen LogP contribution in [0.5, 0.6) is 0 Å². The summed E-state index contributed by atoms with van der Waals surface area (Å²) in [4.78, 5) is 28.3. The number of nitrogens with one attached hydrogen (secondary N) is 2. The Labute approximate surface area is 231 Å². The largest absolute Gasteiger partial charge is 0.353 e. The van der Waals surface area contributed by atoms with E-state index in [0.717, 1.165) is 40.8 Å². The number of anilines is 1. The lowest BCUT2D eigenvalue weighted by Crippen LogP contribution is -2.48. The molecule has 10 heteroatoms. The van der Waals surface area contributed by atoms with Crippen LogP contribution >= 0.6 is 12.4 Å². The number of carbonyl (C=O) groups is 2. The van der Waals surface area contributed by atoms with Gasteiger partial charge in [-0.1, -0.05) is 38.1 Å². The lowest BCUT2D eigenvalue weighted by molar-refractivity contribution is -0.145. The van der Waals surface area contributed by atoms with Gasteiger partial charge in [-0.05, 0) is 48.7 Å². The number of fused-ring (bicyclic) bond motifs is 2. The minimum absolute atomic E-state index is 0. The number of nitrogens with zero attached hydrogens (tertiary/aromatic N) is 5. The number of rotatable bonds is 11. The number of hydrogen-bond donors (Lipinski definition) is 2. The van der Waals surface area contributed by atoms with E-state index >= 15 is 0 Å².